The molecule has 0 spiro atoms. The van der Waals surface area contributed by atoms with Gasteiger partial charge in [-0.15, -0.1) is 0 Å². The van der Waals surface area contributed by atoms with Crippen LogP contribution in [0.5, 0.6) is 0 Å². The highest BCUT2D eigenvalue weighted by Gasteiger charge is 2.25. The number of halogens is 4. The van der Waals surface area contributed by atoms with Gasteiger partial charge in [0, 0.05) is 16.6 Å². The molecule has 27 heavy (non-hydrogen) atoms. The van der Waals surface area contributed by atoms with Gasteiger partial charge in [0.1, 0.15) is 0 Å². The standard InChI is InChI=1S/C6H5Br.C6H11F3.C6H8N2O2S/c7-6-4-2-1-3-5-6;1-2-3-4-5-6(7,8)9;7-5-1-3-6(4-2-5)11(8,9)10/h1-5H;2-5H2,1H3;1-4H,7H2,(H2,8,9,10). The number of primary sulfonamides is 1. The molecule has 4 N–H and O–H groups in total. The number of alkyl halides is 3. The summed E-state index contributed by atoms with van der Waals surface area (Å²) in [7, 11) is -3.58. The Balaban J connectivity index is 0.000000385. The number of anilines is 1. The topological polar surface area (TPSA) is 86.2 Å². The van der Waals surface area contributed by atoms with Crippen LogP contribution in [0.25, 0.3) is 0 Å². The summed E-state index contributed by atoms with van der Waals surface area (Å²) >= 11 is 3.31. The van der Waals surface area contributed by atoms with E-state index in [9.17, 15) is 21.6 Å². The molecule has 0 unspecified atom stereocenters. The maximum Gasteiger partial charge on any atom is 0.389 e. The Labute approximate surface area is 166 Å². The largest absolute Gasteiger partial charge is 0.399 e. The minimum absolute atomic E-state index is 0.0756. The number of nitrogens with two attached hydrogens (primary N) is 2. The quantitative estimate of drug-likeness (QED) is 0.458. The second-order valence-corrected chi connectivity index (χ2v) is 7.96. The molecule has 0 fully saturated rings. The highest BCUT2D eigenvalue weighted by molar-refractivity contribution is 9.10. The maximum absolute atomic E-state index is 11.4. The fourth-order valence-corrected chi connectivity index (χ4v) is 2.47. The zero-order valence-electron chi connectivity index (χ0n) is 14.9. The predicted molar refractivity (Wildman–Crippen MR) is 107 cm³/mol. The summed E-state index contributed by atoms with van der Waals surface area (Å²) in [5.74, 6) is 0. The maximum atomic E-state index is 11.4. The van der Waals surface area contributed by atoms with E-state index in [1.54, 1.807) is 0 Å². The molecular weight excluding hydrogens is 445 g/mol. The van der Waals surface area contributed by atoms with Gasteiger partial charge in [-0.05, 0) is 42.8 Å². The molecule has 0 heterocycles. The van der Waals surface area contributed by atoms with E-state index >= 15 is 0 Å². The SMILES string of the molecule is Brc1ccccc1.CCCCCC(F)(F)F.Nc1ccc(S(N)(=O)=O)cc1. The zero-order chi connectivity index (χ0) is 20.9. The van der Waals surface area contributed by atoms with Crippen molar-refractivity contribution in [2.45, 2.75) is 43.7 Å². The van der Waals surface area contributed by atoms with Crippen LogP contribution in [0.4, 0.5) is 18.9 Å². The Bertz CT molecular complexity index is 737. The first-order chi connectivity index (χ1) is 12.5. The average molecular weight is 469 g/mol. The van der Waals surface area contributed by atoms with E-state index in [0.717, 1.165) is 10.9 Å². The van der Waals surface area contributed by atoms with E-state index in [-0.39, 0.29) is 11.3 Å². The van der Waals surface area contributed by atoms with Crippen LogP contribution in [0.3, 0.4) is 0 Å². The third-order valence-electron chi connectivity index (χ3n) is 3.01. The second kappa shape index (κ2) is 12.7. The lowest BCUT2D eigenvalue weighted by Crippen LogP contribution is -2.11. The molecular formula is C18H24BrF3N2O2S. The number of sulfonamides is 1. The van der Waals surface area contributed by atoms with Crippen LogP contribution >= 0.6 is 15.9 Å². The van der Waals surface area contributed by atoms with Gasteiger partial charge in [-0.2, -0.15) is 13.2 Å². The van der Waals surface area contributed by atoms with Gasteiger partial charge in [0.25, 0.3) is 0 Å². The van der Waals surface area contributed by atoms with Gasteiger partial charge in [0.15, 0.2) is 0 Å². The van der Waals surface area contributed by atoms with Gasteiger partial charge in [0.2, 0.25) is 10.0 Å². The summed E-state index contributed by atoms with van der Waals surface area (Å²) in [5, 5.41) is 4.84. The van der Waals surface area contributed by atoms with Crippen molar-refractivity contribution in [3.05, 3.63) is 59.1 Å². The lowest BCUT2D eigenvalue weighted by Gasteiger charge is -2.03. The predicted octanol–water partition coefficient (Wildman–Crippen LogP) is 5.49. The Kier molecular flexibility index (Phi) is 12.0. The number of unbranched alkanes of at least 4 members (excludes halogenated alkanes) is 2. The molecule has 0 amide bonds. The average Bonchev–Trinajstić information content (AvgIpc) is 2.55. The third kappa shape index (κ3) is 15.2. The summed E-state index contributed by atoms with van der Waals surface area (Å²) in [4.78, 5) is 0.0756. The van der Waals surface area contributed by atoms with Crippen molar-refractivity contribution in [1.82, 2.24) is 0 Å². The molecule has 0 saturated carbocycles. The summed E-state index contributed by atoms with van der Waals surface area (Å²) < 4.78 is 56.6. The Morgan fingerprint density at radius 3 is 1.81 bits per heavy atom. The van der Waals surface area contributed by atoms with Crippen molar-refractivity contribution >= 4 is 31.6 Å². The molecule has 2 aromatic carbocycles. The molecule has 9 heteroatoms. The lowest BCUT2D eigenvalue weighted by atomic mass is 10.2. The van der Waals surface area contributed by atoms with Gasteiger partial charge < -0.3 is 5.73 Å². The van der Waals surface area contributed by atoms with Crippen LogP contribution in [0.15, 0.2) is 64.0 Å². The number of hydrogen-bond donors (Lipinski definition) is 2. The van der Waals surface area contributed by atoms with Crippen LogP contribution in [0.2, 0.25) is 0 Å². The highest BCUT2D eigenvalue weighted by Crippen LogP contribution is 2.22. The van der Waals surface area contributed by atoms with Crippen molar-refractivity contribution in [3.63, 3.8) is 0 Å². The smallest absolute Gasteiger partial charge is 0.389 e. The van der Waals surface area contributed by atoms with Gasteiger partial charge in [-0.3, -0.25) is 0 Å². The Morgan fingerprint density at radius 1 is 0.963 bits per heavy atom. The number of nitrogen functional groups attached to an aromatic ring is 1. The molecule has 0 aliphatic carbocycles. The van der Waals surface area contributed by atoms with Crippen molar-refractivity contribution in [2.75, 3.05) is 5.73 Å². The minimum atomic E-state index is -3.95. The second-order valence-electron chi connectivity index (χ2n) is 5.48. The molecule has 0 aliphatic rings. The molecule has 2 aromatic rings. The van der Waals surface area contributed by atoms with Gasteiger partial charge in [-0.1, -0.05) is 53.9 Å². The van der Waals surface area contributed by atoms with Crippen LogP contribution in [-0.2, 0) is 10.0 Å². The van der Waals surface area contributed by atoms with E-state index in [0.29, 0.717) is 12.1 Å². The van der Waals surface area contributed by atoms with Gasteiger partial charge >= 0.3 is 6.18 Å². The van der Waals surface area contributed by atoms with Crippen molar-refractivity contribution in [1.29, 1.82) is 0 Å². The highest BCUT2D eigenvalue weighted by atomic mass is 79.9. The van der Waals surface area contributed by atoms with Crippen LogP contribution in [-0.4, -0.2) is 14.6 Å². The number of hydrogen-bond acceptors (Lipinski definition) is 3. The van der Waals surface area contributed by atoms with Crippen molar-refractivity contribution in [3.8, 4) is 0 Å². The first-order valence-corrected chi connectivity index (χ1v) is 10.4. The monoisotopic (exact) mass is 468 g/mol. The van der Waals surface area contributed by atoms with E-state index in [4.69, 9.17) is 10.9 Å². The minimum Gasteiger partial charge on any atom is -0.399 e. The Hall–Kier alpha value is -1.58. The Morgan fingerprint density at radius 2 is 1.48 bits per heavy atom. The fourth-order valence-electron chi connectivity index (χ4n) is 1.65. The van der Waals surface area contributed by atoms with Crippen LogP contribution in [0, 0.1) is 0 Å². The summed E-state index contributed by atoms with van der Waals surface area (Å²) in [6.45, 7) is 1.89. The molecule has 152 valence electrons. The van der Waals surface area contributed by atoms with Crippen LogP contribution in [0.1, 0.15) is 32.6 Å². The molecule has 0 aromatic heterocycles. The van der Waals surface area contributed by atoms with Crippen molar-refractivity contribution in [2.24, 2.45) is 5.14 Å². The third-order valence-corrected chi connectivity index (χ3v) is 4.46. The number of rotatable bonds is 4. The lowest BCUT2D eigenvalue weighted by molar-refractivity contribution is -0.135. The fraction of sp³-hybridized carbons (Fsp3) is 0.333. The van der Waals surface area contributed by atoms with E-state index in [1.807, 2.05) is 37.3 Å². The van der Waals surface area contributed by atoms with E-state index < -0.39 is 22.6 Å². The number of benzene rings is 2. The van der Waals surface area contributed by atoms with Gasteiger partial charge in [-0.25, -0.2) is 13.6 Å². The summed E-state index contributed by atoms with van der Waals surface area (Å²) in [6.07, 6.45) is -2.77. The molecule has 2 rings (SSSR count). The molecule has 0 radical (unpaired) electrons. The zero-order valence-corrected chi connectivity index (χ0v) is 17.3. The first-order valence-electron chi connectivity index (χ1n) is 8.11. The normalized spacial score (nSPS) is 10.9. The summed E-state index contributed by atoms with van der Waals surface area (Å²) in [5.41, 5.74) is 5.85. The molecule has 0 saturated heterocycles. The first kappa shape index (κ1) is 25.4. The molecule has 0 atom stereocenters. The van der Waals surface area contributed by atoms with E-state index in [2.05, 4.69) is 15.9 Å². The van der Waals surface area contributed by atoms with Crippen molar-refractivity contribution < 1.29 is 21.6 Å². The van der Waals surface area contributed by atoms with Gasteiger partial charge in [0.05, 0.1) is 4.90 Å². The molecule has 0 bridgehead atoms. The molecule has 0 aliphatic heterocycles. The summed E-state index contributed by atoms with van der Waals surface area (Å²) in [6, 6.07) is 15.7. The molecule has 4 nitrogen and oxygen atoms in total. The van der Waals surface area contributed by atoms with E-state index in [1.165, 1.54) is 24.3 Å². The van der Waals surface area contributed by atoms with Crippen LogP contribution < -0.4 is 10.9 Å².